The Morgan fingerprint density at radius 2 is 0.707 bits per heavy atom. The Balaban J connectivity index is 1.22. The van der Waals surface area contributed by atoms with Gasteiger partial charge in [-0.2, -0.15) is 0 Å². The summed E-state index contributed by atoms with van der Waals surface area (Å²) >= 11 is 0. The van der Waals surface area contributed by atoms with Crippen molar-refractivity contribution in [3.05, 3.63) is 121 Å². The maximum atomic E-state index is 14.0. The summed E-state index contributed by atoms with van der Waals surface area (Å²) in [6, 6.07) is 36.5. The third-order valence-corrected chi connectivity index (χ3v) is 12.7. The molecule has 7 nitrogen and oxygen atoms in total. The number of hydrogen-bond acceptors (Lipinski definition) is 5. The average Bonchev–Trinajstić information content (AvgIpc) is 3.02. The lowest BCUT2D eigenvalue weighted by atomic mass is 10.4. The van der Waals surface area contributed by atoms with E-state index >= 15 is 0 Å². The van der Waals surface area contributed by atoms with Gasteiger partial charge in [0.05, 0.1) is 12.3 Å². The monoisotopic (exact) mass is 587 g/mol. The second-order valence-electron chi connectivity index (χ2n) is 9.59. The van der Waals surface area contributed by atoms with Gasteiger partial charge < -0.3 is 25.1 Å². The van der Waals surface area contributed by atoms with Crippen LogP contribution in [0, 0.1) is 0 Å². The number of amides is 2. The first-order valence-corrected chi connectivity index (χ1v) is 17.3. The maximum Gasteiger partial charge on any atom is 0.228 e. The largest absolute Gasteiger partial charge is 0.354 e. The number of rotatable bonds is 14. The quantitative estimate of drug-likeness (QED) is 0.156. The van der Waals surface area contributed by atoms with Crippen molar-refractivity contribution in [2.75, 3.05) is 38.5 Å². The third-order valence-electron chi connectivity index (χ3n) is 6.67. The lowest BCUT2D eigenvalue weighted by Crippen LogP contribution is -2.39. The Labute approximate surface area is 241 Å². The van der Waals surface area contributed by atoms with Crippen molar-refractivity contribution in [1.82, 2.24) is 16.0 Å². The molecule has 0 fully saturated rings. The maximum absolute atomic E-state index is 14.0. The fraction of sp³-hybridized carbons (Fsp3) is 0.188. The molecule has 9 heteroatoms. The number of hydrogen-bond donors (Lipinski definition) is 3. The van der Waals surface area contributed by atoms with Gasteiger partial charge in [-0.05, 0) is 0 Å². The molecule has 0 heterocycles. The van der Waals surface area contributed by atoms with Gasteiger partial charge in [-0.25, -0.2) is 0 Å². The van der Waals surface area contributed by atoms with Crippen LogP contribution < -0.4 is 37.2 Å². The van der Waals surface area contributed by atoms with E-state index in [9.17, 15) is 18.7 Å². The zero-order chi connectivity index (χ0) is 29.0. The van der Waals surface area contributed by atoms with Crippen LogP contribution in [0.5, 0.6) is 0 Å². The molecule has 0 atom stereocenters. The van der Waals surface area contributed by atoms with Crippen molar-refractivity contribution in [3.8, 4) is 0 Å². The van der Waals surface area contributed by atoms with Gasteiger partial charge in [0.1, 0.15) is 0 Å². The van der Waals surface area contributed by atoms with Crippen LogP contribution in [0.3, 0.4) is 0 Å². The molecule has 0 aliphatic heterocycles. The van der Waals surface area contributed by atoms with E-state index in [2.05, 4.69) is 16.0 Å². The van der Waals surface area contributed by atoms with Gasteiger partial charge in [0.25, 0.3) is 0 Å². The first-order valence-electron chi connectivity index (χ1n) is 13.6. The van der Waals surface area contributed by atoms with Crippen LogP contribution >= 0.6 is 14.3 Å². The molecule has 0 saturated heterocycles. The Morgan fingerprint density at radius 3 is 0.976 bits per heavy atom. The topological polar surface area (TPSA) is 104 Å². The zero-order valence-electron chi connectivity index (χ0n) is 22.8. The van der Waals surface area contributed by atoms with Gasteiger partial charge in [0, 0.05) is 47.4 Å². The van der Waals surface area contributed by atoms with Crippen LogP contribution in [0.25, 0.3) is 0 Å². The van der Waals surface area contributed by atoms with E-state index in [1.54, 1.807) is 48.5 Å². The molecule has 2 amide bonds. The van der Waals surface area contributed by atoms with Gasteiger partial charge in [-0.15, -0.1) is 0 Å². The van der Waals surface area contributed by atoms with Gasteiger partial charge in [0.2, 0.25) is 11.8 Å². The van der Waals surface area contributed by atoms with E-state index in [-0.39, 0.29) is 24.1 Å². The first-order chi connectivity index (χ1) is 19.9. The van der Waals surface area contributed by atoms with Crippen LogP contribution in [0.1, 0.15) is 0 Å². The predicted molar refractivity (Wildman–Crippen MR) is 168 cm³/mol. The second-order valence-corrected chi connectivity index (χ2v) is 15.2. The van der Waals surface area contributed by atoms with Crippen LogP contribution in [0.15, 0.2) is 121 Å². The van der Waals surface area contributed by atoms with Crippen molar-refractivity contribution < 1.29 is 18.7 Å². The minimum Gasteiger partial charge on any atom is -0.354 e. The highest BCUT2D eigenvalue weighted by molar-refractivity contribution is 7.79. The summed E-state index contributed by atoms with van der Waals surface area (Å²) in [5, 5.41) is 11.5. The molecule has 0 aliphatic rings. The van der Waals surface area contributed by atoms with Gasteiger partial charge in [0.15, 0.2) is 14.3 Å². The third kappa shape index (κ3) is 8.14. The molecule has 0 aromatic heterocycles. The van der Waals surface area contributed by atoms with E-state index < -0.39 is 14.3 Å². The molecule has 0 saturated carbocycles. The molecule has 0 spiro atoms. The highest BCUT2D eigenvalue weighted by Gasteiger charge is 2.31. The molecule has 4 aromatic rings. The van der Waals surface area contributed by atoms with Crippen molar-refractivity contribution in [1.29, 1.82) is 0 Å². The lowest BCUT2D eigenvalue weighted by molar-refractivity contribution is -0.119. The summed E-state index contributed by atoms with van der Waals surface area (Å²) in [6.45, 7) is 1.67. The predicted octanol–water partition coefficient (Wildman–Crippen LogP) is 2.84. The summed E-state index contributed by atoms with van der Waals surface area (Å²) in [5.41, 5.74) is 0. The molecular formula is C32H35N3O4P2. The molecule has 4 rings (SSSR count). The van der Waals surface area contributed by atoms with Gasteiger partial charge in [-0.3, -0.25) is 9.59 Å². The Morgan fingerprint density at radius 1 is 0.439 bits per heavy atom. The second kappa shape index (κ2) is 14.7. The van der Waals surface area contributed by atoms with Crippen molar-refractivity contribution in [2.45, 2.75) is 0 Å². The average molecular weight is 588 g/mol. The Hall–Kier alpha value is -3.76. The van der Waals surface area contributed by atoms with E-state index in [4.69, 9.17) is 0 Å². The Kier molecular flexibility index (Phi) is 10.9. The summed E-state index contributed by atoms with van der Waals surface area (Å²) in [7, 11) is -6.25. The first kappa shape index (κ1) is 30.2. The molecule has 41 heavy (non-hydrogen) atoms. The normalized spacial score (nSPS) is 11.5. The molecule has 212 valence electrons. The summed E-state index contributed by atoms with van der Waals surface area (Å²) in [4.78, 5) is 25.5. The van der Waals surface area contributed by atoms with E-state index in [0.717, 1.165) is 0 Å². The van der Waals surface area contributed by atoms with Gasteiger partial charge in [-0.1, -0.05) is 121 Å². The SMILES string of the molecule is O=C(CP(=O)(c1ccccc1)c1ccccc1)NCCNCCNC(=O)CP(=O)(c1ccccc1)c1ccccc1. The fourth-order valence-corrected chi connectivity index (χ4v) is 9.53. The Bertz CT molecular complexity index is 1300. The minimum atomic E-state index is -3.12. The molecule has 4 aromatic carbocycles. The highest BCUT2D eigenvalue weighted by Crippen LogP contribution is 2.43. The molecule has 0 unspecified atom stereocenters. The molecule has 3 N–H and O–H groups in total. The number of nitrogens with one attached hydrogen (secondary N) is 3. The van der Waals surface area contributed by atoms with Crippen molar-refractivity contribution >= 4 is 47.3 Å². The molecule has 0 radical (unpaired) electrons. The fourth-order valence-electron chi connectivity index (χ4n) is 4.56. The van der Waals surface area contributed by atoms with E-state index in [1.807, 2.05) is 72.8 Å². The molecule has 0 bridgehead atoms. The van der Waals surface area contributed by atoms with E-state index in [0.29, 0.717) is 47.4 Å². The smallest absolute Gasteiger partial charge is 0.228 e. The number of carbonyl (C=O) groups is 2. The standard InChI is InChI=1S/C32H35N3O4P2/c36-31(25-40(38,27-13-5-1-6-14-27)28-15-7-2-8-16-28)34-23-21-33-22-24-35-32(37)26-41(39,29-17-9-3-10-18-29)30-19-11-4-12-20-30/h1-20,33H,21-26H2,(H,34,36)(H,35,37). The van der Waals surface area contributed by atoms with Gasteiger partial charge >= 0.3 is 0 Å². The summed E-state index contributed by atoms with van der Waals surface area (Å²) in [6.07, 6.45) is -0.222. The summed E-state index contributed by atoms with van der Waals surface area (Å²) < 4.78 is 28.0. The number of carbonyl (C=O) groups excluding carboxylic acids is 2. The summed E-state index contributed by atoms with van der Waals surface area (Å²) in [5.74, 6) is -0.567. The minimum absolute atomic E-state index is 0.111. The van der Waals surface area contributed by atoms with Crippen LogP contribution in [0.4, 0.5) is 0 Å². The zero-order valence-corrected chi connectivity index (χ0v) is 24.6. The van der Waals surface area contributed by atoms with Crippen LogP contribution in [0.2, 0.25) is 0 Å². The van der Waals surface area contributed by atoms with Crippen LogP contribution in [-0.4, -0.2) is 50.3 Å². The van der Waals surface area contributed by atoms with Crippen molar-refractivity contribution in [2.24, 2.45) is 0 Å². The van der Waals surface area contributed by atoms with Crippen LogP contribution in [-0.2, 0) is 18.7 Å². The number of benzene rings is 4. The van der Waals surface area contributed by atoms with Crippen molar-refractivity contribution in [3.63, 3.8) is 0 Å². The lowest BCUT2D eigenvalue weighted by Gasteiger charge is -2.19. The molecular weight excluding hydrogens is 552 g/mol. The molecule has 0 aliphatic carbocycles. The van der Waals surface area contributed by atoms with E-state index in [1.165, 1.54) is 0 Å². The highest BCUT2D eigenvalue weighted by atomic mass is 31.2.